The van der Waals surface area contributed by atoms with Gasteiger partial charge >= 0.3 is 6.18 Å². The number of hydrogen-bond acceptors (Lipinski definition) is 4. The smallest absolute Gasteiger partial charge is 0.355 e. The molecule has 2 aromatic carbocycles. The zero-order valence-electron chi connectivity index (χ0n) is 21.3. The van der Waals surface area contributed by atoms with E-state index in [2.05, 4.69) is 20.7 Å². The van der Waals surface area contributed by atoms with Crippen molar-refractivity contribution in [2.45, 2.75) is 31.6 Å². The molecule has 4 aromatic rings. The highest BCUT2D eigenvalue weighted by atomic mass is 19.4. The van der Waals surface area contributed by atoms with Gasteiger partial charge in [0.1, 0.15) is 17.7 Å². The van der Waals surface area contributed by atoms with Crippen LogP contribution in [0.4, 0.5) is 22.0 Å². The lowest BCUT2D eigenvalue weighted by atomic mass is 9.94. The number of pyridine rings is 1. The molecule has 12 heteroatoms. The summed E-state index contributed by atoms with van der Waals surface area (Å²) < 4.78 is 68.0. The third-order valence-electron chi connectivity index (χ3n) is 6.19. The number of alkyl halides is 3. The van der Waals surface area contributed by atoms with Crippen LogP contribution in [-0.2, 0) is 17.4 Å². The Kier molecular flexibility index (Phi) is 8.26. The first-order chi connectivity index (χ1) is 19.0. The van der Waals surface area contributed by atoms with E-state index in [-0.39, 0.29) is 17.9 Å². The fourth-order valence-electron chi connectivity index (χ4n) is 4.21. The molecular formula is C28H24F5N5O2. The van der Waals surface area contributed by atoms with Gasteiger partial charge in [0.05, 0.1) is 11.7 Å². The molecule has 0 radical (unpaired) electrons. The van der Waals surface area contributed by atoms with Crippen molar-refractivity contribution in [3.05, 3.63) is 107 Å². The van der Waals surface area contributed by atoms with Gasteiger partial charge in [0.2, 0.25) is 5.91 Å². The van der Waals surface area contributed by atoms with E-state index in [9.17, 15) is 31.5 Å². The molecule has 0 fully saturated rings. The van der Waals surface area contributed by atoms with Gasteiger partial charge in [-0.2, -0.15) is 18.3 Å². The van der Waals surface area contributed by atoms with Crippen molar-refractivity contribution >= 4 is 11.8 Å². The molecule has 0 aliphatic carbocycles. The highest BCUT2D eigenvalue weighted by Crippen LogP contribution is 2.31. The van der Waals surface area contributed by atoms with Crippen molar-refractivity contribution in [3.63, 3.8) is 0 Å². The molecular weight excluding hydrogens is 533 g/mol. The Hall–Kier alpha value is -4.61. The number of halogens is 5. The van der Waals surface area contributed by atoms with Crippen LogP contribution in [0.1, 0.15) is 46.3 Å². The lowest BCUT2D eigenvalue weighted by Gasteiger charge is -2.23. The number of nitrogens with zero attached hydrogens (tertiary/aromatic N) is 3. The maximum Gasteiger partial charge on any atom is 0.435 e. The van der Waals surface area contributed by atoms with Gasteiger partial charge in [-0.05, 0) is 60.9 Å². The molecule has 2 N–H and O–H groups in total. The van der Waals surface area contributed by atoms with Gasteiger partial charge in [0.25, 0.3) is 5.91 Å². The highest BCUT2D eigenvalue weighted by Gasteiger charge is 2.34. The highest BCUT2D eigenvalue weighted by molar-refractivity contribution is 5.95. The van der Waals surface area contributed by atoms with E-state index in [1.807, 2.05) is 0 Å². The van der Waals surface area contributed by atoms with Crippen LogP contribution in [0.3, 0.4) is 0 Å². The predicted molar refractivity (Wildman–Crippen MR) is 136 cm³/mol. The van der Waals surface area contributed by atoms with Gasteiger partial charge in [-0.3, -0.25) is 19.3 Å². The first-order valence-corrected chi connectivity index (χ1v) is 12.1. The van der Waals surface area contributed by atoms with E-state index in [0.717, 1.165) is 29.1 Å². The van der Waals surface area contributed by atoms with Gasteiger partial charge < -0.3 is 10.6 Å². The van der Waals surface area contributed by atoms with Gasteiger partial charge in [-0.25, -0.2) is 8.78 Å². The Labute approximate surface area is 226 Å². The van der Waals surface area contributed by atoms with E-state index >= 15 is 0 Å². The molecule has 1 unspecified atom stereocenters. The maximum absolute atomic E-state index is 14.0. The Morgan fingerprint density at radius 1 is 1.00 bits per heavy atom. The first-order valence-electron chi connectivity index (χ1n) is 12.1. The summed E-state index contributed by atoms with van der Waals surface area (Å²) in [4.78, 5) is 29.9. The zero-order chi connectivity index (χ0) is 29.0. The molecule has 2 aromatic heterocycles. The average Bonchev–Trinajstić information content (AvgIpc) is 3.42. The van der Waals surface area contributed by atoms with E-state index in [1.54, 1.807) is 36.4 Å². The number of aromatic nitrogens is 3. The van der Waals surface area contributed by atoms with Gasteiger partial charge in [0, 0.05) is 36.6 Å². The Morgan fingerprint density at radius 2 is 1.73 bits per heavy atom. The lowest BCUT2D eigenvalue weighted by molar-refractivity contribution is -0.142. The number of rotatable bonds is 8. The third-order valence-corrected chi connectivity index (χ3v) is 6.19. The molecule has 40 heavy (non-hydrogen) atoms. The van der Waals surface area contributed by atoms with Crippen LogP contribution in [0.15, 0.2) is 73.1 Å². The summed E-state index contributed by atoms with van der Waals surface area (Å²) in [7, 11) is 1.49. The molecule has 7 nitrogen and oxygen atoms in total. The van der Waals surface area contributed by atoms with Crippen molar-refractivity contribution in [2.75, 3.05) is 7.05 Å². The number of hydrogen-bond donors (Lipinski definition) is 2. The first kappa shape index (κ1) is 28.4. The summed E-state index contributed by atoms with van der Waals surface area (Å²) in [5, 5.41) is 8.77. The van der Waals surface area contributed by atoms with Crippen LogP contribution in [0.25, 0.3) is 11.1 Å². The second-order valence-electron chi connectivity index (χ2n) is 8.99. The average molecular weight is 558 g/mol. The van der Waals surface area contributed by atoms with Crippen molar-refractivity contribution in [3.8, 4) is 11.1 Å². The van der Waals surface area contributed by atoms with E-state index in [4.69, 9.17) is 0 Å². The lowest BCUT2D eigenvalue weighted by Crippen LogP contribution is -2.36. The van der Waals surface area contributed by atoms with Crippen LogP contribution >= 0.6 is 0 Å². The second kappa shape index (κ2) is 11.6. The van der Waals surface area contributed by atoms with Crippen LogP contribution in [0, 0.1) is 11.6 Å². The minimum Gasteiger partial charge on any atom is -0.355 e. The molecule has 0 saturated carbocycles. The monoisotopic (exact) mass is 557 g/mol. The molecule has 0 aliphatic heterocycles. The number of carbonyl (C=O) groups is 2. The summed E-state index contributed by atoms with van der Waals surface area (Å²) in [6, 6.07) is 11.6. The largest absolute Gasteiger partial charge is 0.435 e. The van der Waals surface area contributed by atoms with Crippen LogP contribution in [0.5, 0.6) is 0 Å². The van der Waals surface area contributed by atoms with E-state index in [1.165, 1.54) is 20.2 Å². The van der Waals surface area contributed by atoms with Crippen molar-refractivity contribution < 1.29 is 31.5 Å². The Balaban J connectivity index is 1.73. The fraction of sp³-hybridized carbons (Fsp3) is 0.214. The standard InChI is InChI=1S/C28H24F5N5O2/c1-16(38-10-8-24(37-38)28(31,32)33)26(39)36-23(13-17-11-20(29)15-21(30)12-17)25-22(7-4-9-35-25)18-5-3-6-19(14-18)27(40)34-2/h3-12,14-16,23H,13H2,1-2H3,(H,34,40)(H,36,39)/t16?,23-/m0/s1. The van der Waals surface area contributed by atoms with Crippen molar-refractivity contribution in [1.82, 2.24) is 25.4 Å². The fourth-order valence-corrected chi connectivity index (χ4v) is 4.21. The van der Waals surface area contributed by atoms with Crippen LogP contribution < -0.4 is 10.6 Å². The van der Waals surface area contributed by atoms with E-state index < -0.39 is 41.5 Å². The summed E-state index contributed by atoms with van der Waals surface area (Å²) in [6.45, 7) is 1.37. The molecule has 208 valence electrons. The number of benzene rings is 2. The van der Waals surface area contributed by atoms with Gasteiger partial charge in [-0.15, -0.1) is 0 Å². The van der Waals surface area contributed by atoms with E-state index in [0.29, 0.717) is 28.5 Å². The zero-order valence-corrected chi connectivity index (χ0v) is 21.3. The Morgan fingerprint density at radius 3 is 2.38 bits per heavy atom. The Bertz CT molecular complexity index is 1520. The quantitative estimate of drug-likeness (QED) is 0.289. The SMILES string of the molecule is CNC(=O)c1cccc(-c2cccnc2[C@H](Cc2cc(F)cc(F)c2)NC(=O)C(C)n2ccc(C(F)(F)F)n2)c1. The number of amides is 2. The molecule has 2 amide bonds. The molecule has 0 aliphatic rings. The predicted octanol–water partition coefficient (Wildman–Crippen LogP) is 5.26. The number of nitrogens with one attached hydrogen (secondary N) is 2. The van der Waals surface area contributed by atoms with Crippen molar-refractivity contribution in [2.24, 2.45) is 0 Å². The maximum atomic E-state index is 14.0. The normalized spacial score (nSPS) is 13.0. The summed E-state index contributed by atoms with van der Waals surface area (Å²) in [5.41, 5.74) is 0.866. The molecule has 4 rings (SSSR count). The summed E-state index contributed by atoms with van der Waals surface area (Å²) >= 11 is 0. The van der Waals surface area contributed by atoms with Crippen LogP contribution in [-0.4, -0.2) is 33.6 Å². The molecule has 0 saturated heterocycles. The minimum absolute atomic E-state index is 0.0980. The van der Waals surface area contributed by atoms with Crippen molar-refractivity contribution in [1.29, 1.82) is 0 Å². The summed E-state index contributed by atoms with van der Waals surface area (Å²) in [5.74, 6) is -2.65. The third kappa shape index (κ3) is 6.50. The van der Waals surface area contributed by atoms with Crippen LogP contribution in [0.2, 0.25) is 0 Å². The molecule has 0 spiro atoms. The number of carbonyl (C=O) groups excluding carboxylic acids is 2. The second-order valence-corrected chi connectivity index (χ2v) is 8.99. The van der Waals surface area contributed by atoms with Gasteiger partial charge in [-0.1, -0.05) is 18.2 Å². The molecule has 2 atom stereocenters. The van der Waals surface area contributed by atoms with Gasteiger partial charge in [0.15, 0.2) is 5.69 Å². The minimum atomic E-state index is -4.68. The molecule has 0 bridgehead atoms. The summed E-state index contributed by atoms with van der Waals surface area (Å²) in [6.07, 6.45) is -2.27. The topological polar surface area (TPSA) is 88.9 Å². The molecule has 2 heterocycles.